The van der Waals surface area contributed by atoms with Crippen LogP contribution in [0.5, 0.6) is 0 Å². The van der Waals surface area contributed by atoms with Crippen LogP contribution < -0.4 is 0 Å². The van der Waals surface area contributed by atoms with Gasteiger partial charge in [0.25, 0.3) is 0 Å². The molecule has 0 bridgehead atoms. The molecule has 9 heavy (non-hydrogen) atoms. The first-order chi connectivity index (χ1) is 4.34. The Bertz CT molecular complexity index is 111. The Morgan fingerprint density at radius 1 is 1.78 bits per heavy atom. The fourth-order valence-corrected chi connectivity index (χ4v) is 0.850. The van der Waals surface area contributed by atoms with Crippen LogP contribution in [0.15, 0.2) is 0 Å². The Labute approximate surface area is 53.6 Å². The first-order valence-electron chi connectivity index (χ1n) is 3.06. The smallest absolute Gasteiger partial charge is 0.142 e. The third-order valence-corrected chi connectivity index (χ3v) is 1.49. The monoisotopic (exact) mass is 130 g/mol. The molecule has 0 amide bonds. The van der Waals surface area contributed by atoms with Gasteiger partial charge in [0.2, 0.25) is 0 Å². The first kappa shape index (κ1) is 6.71. The second kappa shape index (κ2) is 2.94. The molecule has 1 atom stereocenters. The van der Waals surface area contributed by atoms with Crippen molar-refractivity contribution in [1.29, 1.82) is 0 Å². The van der Waals surface area contributed by atoms with Gasteiger partial charge in [-0.25, -0.2) is 0 Å². The highest BCUT2D eigenvalue weighted by Gasteiger charge is 2.21. The number of rotatable bonds is 1. The second-order valence-electron chi connectivity index (χ2n) is 2.17. The molecular weight excluding hydrogens is 120 g/mol. The Balaban J connectivity index is 2.39. The quantitative estimate of drug-likeness (QED) is 0.524. The van der Waals surface area contributed by atoms with Crippen molar-refractivity contribution in [2.24, 2.45) is 5.92 Å². The van der Waals surface area contributed by atoms with Gasteiger partial charge in [0.1, 0.15) is 5.78 Å². The molecule has 1 heterocycles. The normalized spacial score (nSPS) is 28.6. The van der Waals surface area contributed by atoms with Gasteiger partial charge >= 0.3 is 0 Å². The van der Waals surface area contributed by atoms with Crippen LogP contribution in [-0.2, 0) is 9.53 Å². The maximum absolute atomic E-state index is 10.8. The van der Waals surface area contributed by atoms with Crippen molar-refractivity contribution in [2.45, 2.75) is 6.42 Å². The molecule has 0 aromatic rings. The topological polar surface area (TPSA) is 46.5 Å². The summed E-state index contributed by atoms with van der Waals surface area (Å²) in [5, 5.41) is 8.56. The zero-order valence-electron chi connectivity index (χ0n) is 5.17. The second-order valence-corrected chi connectivity index (χ2v) is 2.17. The minimum absolute atomic E-state index is 0.0706. The van der Waals surface area contributed by atoms with Crippen molar-refractivity contribution in [1.82, 2.24) is 0 Å². The number of aliphatic hydroxyl groups is 1. The van der Waals surface area contributed by atoms with E-state index < -0.39 is 0 Å². The van der Waals surface area contributed by atoms with Crippen LogP contribution in [0.3, 0.4) is 0 Å². The highest BCUT2D eigenvalue weighted by Crippen LogP contribution is 2.07. The number of carbonyl (C=O) groups is 1. The molecule has 0 aliphatic carbocycles. The minimum atomic E-state index is -0.251. The molecule has 0 spiro atoms. The van der Waals surface area contributed by atoms with Gasteiger partial charge in [0.15, 0.2) is 0 Å². The highest BCUT2D eigenvalue weighted by atomic mass is 16.5. The summed E-state index contributed by atoms with van der Waals surface area (Å²) in [4.78, 5) is 10.8. The van der Waals surface area contributed by atoms with Gasteiger partial charge in [-0.1, -0.05) is 0 Å². The summed E-state index contributed by atoms with van der Waals surface area (Å²) in [5.41, 5.74) is 0. The Morgan fingerprint density at radius 2 is 2.56 bits per heavy atom. The third-order valence-electron chi connectivity index (χ3n) is 1.49. The molecule has 1 fully saturated rings. The van der Waals surface area contributed by atoms with E-state index in [2.05, 4.69) is 0 Å². The summed E-state index contributed by atoms with van der Waals surface area (Å²) >= 11 is 0. The van der Waals surface area contributed by atoms with E-state index >= 15 is 0 Å². The number of ketones is 1. The van der Waals surface area contributed by atoms with Gasteiger partial charge in [0, 0.05) is 6.42 Å². The molecule has 3 heteroatoms. The highest BCUT2D eigenvalue weighted by molar-refractivity contribution is 5.81. The molecule has 0 aromatic carbocycles. The van der Waals surface area contributed by atoms with Gasteiger partial charge in [-0.2, -0.15) is 0 Å². The van der Waals surface area contributed by atoms with Gasteiger partial charge in [0.05, 0.1) is 25.7 Å². The number of Topliss-reactive ketones (excluding diaryl/α,β-unsaturated/α-hetero) is 1. The van der Waals surface area contributed by atoms with Gasteiger partial charge in [-0.15, -0.1) is 0 Å². The SMILES string of the molecule is O=C1CCOCC1CO. The lowest BCUT2D eigenvalue weighted by molar-refractivity contribution is -0.132. The van der Waals surface area contributed by atoms with E-state index in [1.54, 1.807) is 0 Å². The maximum Gasteiger partial charge on any atom is 0.142 e. The van der Waals surface area contributed by atoms with Crippen molar-refractivity contribution in [3.8, 4) is 0 Å². The summed E-state index contributed by atoms with van der Waals surface area (Å²) in [6.07, 6.45) is 0.464. The van der Waals surface area contributed by atoms with Crippen LogP contribution in [0.2, 0.25) is 0 Å². The van der Waals surface area contributed by atoms with E-state index in [-0.39, 0.29) is 18.3 Å². The predicted octanol–water partition coefficient (Wildman–Crippen LogP) is -0.416. The summed E-state index contributed by atoms with van der Waals surface area (Å²) < 4.78 is 4.96. The lowest BCUT2D eigenvalue weighted by atomic mass is 10.0. The lowest BCUT2D eigenvalue weighted by Crippen LogP contribution is -2.29. The fourth-order valence-electron chi connectivity index (χ4n) is 0.850. The lowest BCUT2D eigenvalue weighted by Gasteiger charge is -2.17. The van der Waals surface area contributed by atoms with Crippen molar-refractivity contribution in [2.75, 3.05) is 19.8 Å². The molecule has 52 valence electrons. The summed E-state index contributed by atoms with van der Waals surface area (Å²) in [6, 6.07) is 0. The molecule has 1 aliphatic heterocycles. The number of aliphatic hydroxyl groups excluding tert-OH is 1. The number of ether oxygens (including phenoxy) is 1. The van der Waals surface area contributed by atoms with Crippen molar-refractivity contribution >= 4 is 5.78 Å². The van der Waals surface area contributed by atoms with Crippen LogP contribution in [0.25, 0.3) is 0 Å². The molecule has 1 unspecified atom stereocenters. The first-order valence-corrected chi connectivity index (χ1v) is 3.06. The van der Waals surface area contributed by atoms with Crippen LogP contribution in [-0.4, -0.2) is 30.7 Å². The molecule has 1 aliphatic rings. The van der Waals surface area contributed by atoms with E-state index in [1.807, 2.05) is 0 Å². The van der Waals surface area contributed by atoms with Crippen molar-refractivity contribution in [3.05, 3.63) is 0 Å². The zero-order valence-corrected chi connectivity index (χ0v) is 5.17. The standard InChI is InChI=1S/C6H10O3/c7-3-5-4-9-2-1-6(5)8/h5,7H,1-4H2. The van der Waals surface area contributed by atoms with Gasteiger partial charge < -0.3 is 9.84 Å². The fraction of sp³-hybridized carbons (Fsp3) is 0.833. The molecule has 1 rings (SSSR count). The van der Waals surface area contributed by atoms with Crippen LogP contribution in [0.1, 0.15) is 6.42 Å². The zero-order chi connectivity index (χ0) is 6.69. The van der Waals surface area contributed by atoms with E-state index in [0.29, 0.717) is 19.6 Å². The van der Waals surface area contributed by atoms with Crippen molar-refractivity contribution in [3.63, 3.8) is 0 Å². The summed E-state index contributed by atoms with van der Waals surface area (Å²) in [6.45, 7) is 0.851. The van der Waals surface area contributed by atoms with E-state index in [1.165, 1.54) is 0 Å². The number of hydrogen-bond donors (Lipinski definition) is 1. The maximum atomic E-state index is 10.8. The molecule has 0 aromatic heterocycles. The average molecular weight is 130 g/mol. The molecule has 0 saturated carbocycles. The Hall–Kier alpha value is -0.410. The summed E-state index contributed by atoms with van der Waals surface area (Å²) in [7, 11) is 0. The van der Waals surface area contributed by atoms with E-state index in [4.69, 9.17) is 9.84 Å². The van der Waals surface area contributed by atoms with E-state index in [9.17, 15) is 4.79 Å². The molecule has 1 saturated heterocycles. The van der Waals surface area contributed by atoms with Gasteiger partial charge in [-0.3, -0.25) is 4.79 Å². The Morgan fingerprint density at radius 3 is 3.00 bits per heavy atom. The molecule has 0 radical (unpaired) electrons. The van der Waals surface area contributed by atoms with Crippen LogP contribution in [0.4, 0.5) is 0 Å². The largest absolute Gasteiger partial charge is 0.396 e. The van der Waals surface area contributed by atoms with Crippen molar-refractivity contribution < 1.29 is 14.6 Å². The molecule has 1 N–H and O–H groups in total. The molecular formula is C6H10O3. The third kappa shape index (κ3) is 1.50. The van der Waals surface area contributed by atoms with E-state index in [0.717, 1.165) is 0 Å². The molecule has 3 nitrogen and oxygen atoms in total. The van der Waals surface area contributed by atoms with Crippen LogP contribution >= 0.6 is 0 Å². The minimum Gasteiger partial charge on any atom is -0.396 e. The Kier molecular flexibility index (Phi) is 2.19. The summed E-state index contributed by atoms with van der Waals surface area (Å²) in [5.74, 6) is -0.123. The predicted molar refractivity (Wildman–Crippen MR) is 31.0 cm³/mol. The number of carbonyl (C=O) groups excluding carboxylic acids is 1. The number of hydrogen-bond acceptors (Lipinski definition) is 3. The van der Waals surface area contributed by atoms with Crippen LogP contribution in [0, 0.1) is 5.92 Å². The average Bonchev–Trinajstić information content (AvgIpc) is 1.89. The van der Waals surface area contributed by atoms with Gasteiger partial charge in [-0.05, 0) is 0 Å².